The lowest BCUT2D eigenvalue weighted by molar-refractivity contribution is -0.141. The van der Waals surface area contributed by atoms with Gasteiger partial charge in [-0.25, -0.2) is 0 Å². The zero-order valence-corrected chi connectivity index (χ0v) is 8.71. The van der Waals surface area contributed by atoms with E-state index in [-0.39, 0.29) is 12.5 Å². The van der Waals surface area contributed by atoms with E-state index in [4.69, 9.17) is 5.11 Å². The first-order valence-corrected chi connectivity index (χ1v) is 4.87. The fourth-order valence-corrected chi connectivity index (χ4v) is 1.62. The Kier molecular flexibility index (Phi) is 2.96. The summed E-state index contributed by atoms with van der Waals surface area (Å²) in [5, 5.41) is 9.04. The van der Waals surface area contributed by atoms with Gasteiger partial charge in [0.05, 0.1) is 12.0 Å². The first-order valence-electron chi connectivity index (χ1n) is 4.87. The molecule has 0 aliphatic carbocycles. The lowest BCUT2D eigenvalue weighted by atomic mass is 9.93. The number of hydrogen-bond acceptors (Lipinski definition) is 2. The van der Waals surface area contributed by atoms with Crippen LogP contribution in [0, 0.1) is 11.3 Å². The van der Waals surface area contributed by atoms with Crippen molar-refractivity contribution in [2.75, 3.05) is 19.7 Å². The van der Waals surface area contributed by atoms with Gasteiger partial charge in [0.25, 0.3) is 0 Å². The van der Waals surface area contributed by atoms with Gasteiger partial charge in [-0.15, -0.1) is 0 Å². The summed E-state index contributed by atoms with van der Waals surface area (Å²) in [5.74, 6) is 0.692. The number of rotatable bonds is 2. The van der Waals surface area contributed by atoms with E-state index in [1.807, 2.05) is 4.90 Å². The van der Waals surface area contributed by atoms with E-state index in [0.29, 0.717) is 5.92 Å². The lowest BCUT2D eigenvalue weighted by Gasteiger charge is -2.27. The van der Waals surface area contributed by atoms with Crippen molar-refractivity contribution in [3.63, 3.8) is 0 Å². The van der Waals surface area contributed by atoms with Crippen molar-refractivity contribution < 1.29 is 9.90 Å². The molecule has 0 aromatic rings. The first kappa shape index (κ1) is 10.5. The van der Waals surface area contributed by atoms with Gasteiger partial charge in [0, 0.05) is 13.1 Å². The van der Waals surface area contributed by atoms with Crippen molar-refractivity contribution >= 4 is 5.91 Å². The average Bonchev–Trinajstić information content (AvgIpc) is 2.50. The second kappa shape index (κ2) is 3.66. The average molecular weight is 185 g/mol. The molecule has 0 unspecified atom stereocenters. The molecule has 1 fully saturated rings. The molecule has 0 saturated carbocycles. The van der Waals surface area contributed by atoms with Crippen molar-refractivity contribution in [3.8, 4) is 0 Å². The van der Waals surface area contributed by atoms with Gasteiger partial charge in [-0.05, 0) is 26.2 Å². The smallest absolute Gasteiger partial charge is 0.230 e. The third-order valence-corrected chi connectivity index (χ3v) is 2.69. The maximum Gasteiger partial charge on any atom is 0.230 e. The molecule has 0 spiro atoms. The minimum Gasteiger partial charge on any atom is -0.395 e. The van der Waals surface area contributed by atoms with Gasteiger partial charge < -0.3 is 10.0 Å². The summed E-state index contributed by atoms with van der Waals surface area (Å²) in [6, 6.07) is 0. The number of aliphatic hydroxyl groups is 1. The van der Waals surface area contributed by atoms with Gasteiger partial charge in [0.2, 0.25) is 5.91 Å². The first-order chi connectivity index (χ1) is 5.97. The molecule has 1 atom stereocenters. The SMILES string of the molecule is C[C@@H]1CCN(C(=O)C(C)(C)CO)C1. The van der Waals surface area contributed by atoms with E-state index >= 15 is 0 Å². The predicted molar refractivity (Wildman–Crippen MR) is 51.2 cm³/mol. The fraction of sp³-hybridized carbons (Fsp3) is 0.900. The normalized spacial score (nSPS) is 23.7. The van der Waals surface area contributed by atoms with E-state index in [0.717, 1.165) is 19.5 Å². The summed E-state index contributed by atoms with van der Waals surface area (Å²) < 4.78 is 0. The van der Waals surface area contributed by atoms with E-state index in [1.54, 1.807) is 13.8 Å². The topological polar surface area (TPSA) is 40.5 Å². The van der Waals surface area contributed by atoms with Crippen LogP contribution in [0.15, 0.2) is 0 Å². The summed E-state index contributed by atoms with van der Waals surface area (Å²) in [6.45, 7) is 7.36. The monoisotopic (exact) mass is 185 g/mol. The Balaban J connectivity index is 2.58. The molecule has 1 saturated heterocycles. The van der Waals surface area contributed by atoms with E-state index in [2.05, 4.69) is 6.92 Å². The number of aliphatic hydroxyl groups excluding tert-OH is 1. The number of hydrogen-bond donors (Lipinski definition) is 1. The van der Waals surface area contributed by atoms with Crippen molar-refractivity contribution in [1.29, 1.82) is 0 Å². The number of amides is 1. The second-order valence-electron chi connectivity index (χ2n) is 4.69. The molecule has 1 aliphatic heterocycles. The lowest BCUT2D eigenvalue weighted by Crippen LogP contribution is -2.41. The van der Waals surface area contributed by atoms with Crippen LogP contribution in [0.5, 0.6) is 0 Å². The Labute approximate surface area is 79.7 Å². The Morgan fingerprint density at radius 3 is 2.62 bits per heavy atom. The standard InChI is InChI=1S/C10H19NO2/c1-8-4-5-11(6-8)9(13)10(2,3)7-12/h8,12H,4-7H2,1-3H3/t8-/m1/s1. The molecule has 1 amide bonds. The quantitative estimate of drug-likeness (QED) is 0.693. The summed E-state index contributed by atoms with van der Waals surface area (Å²) in [7, 11) is 0. The molecule has 1 heterocycles. The molecule has 0 bridgehead atoms. The zero-order valence-electron chi connectivity index (χ0n) is 8.71. The maximum atomic E-state index is 11.8. The highest BCUT2D eigenvalue weighted by Gasteiger charge is 2.34. The van der Waals surface area contributed by atoms with Crippen molar-refractivity contribution in [2.24, 2.45) is 11.3 Å². The molecule has 0 aromatic heterocycles. The minimum atomic E-state index is -0.607. The summed E-state index contributed by atoms with van der Waals surface area (Å²) in [5.41, 5.74) is -0.607. The Hall–Kier alpha value is -0.570. The van der Waals surface area contributed by atoms with Gasteiger partial charge in [-0.3, -0.25) is 4.79 Å². The van der Waals surface area contributed by atoms with Crippen molar-refractivity contribution in [3.05, 3.63) is 0 Å². The van der Waals surface area contributed by atoms with Gasteiger partial charge in [-0.1, -0.05) is 6.92 Å². The van der Waals surface area contributed by atoms with Crippen LogP contribution in [0.2, 0.25) is 0 Å². The number of carbonyl (C=O) groups excluding carboxylic acids is 1. The highest BCUT2D eigenvalue weighted by atomic mass is 16.3. The molecular weight excluding hydrogens is 166 g/mol. The highest BCUT2D eigenvalue weighted by Crippen LogP contribution is 2.23. The van der Waals surface area contributed by atoms with Crippen LogP contribution < -0.4 is 0 Å². The van der Waals surface area contributed by atoms with Crippen LogP contribution in [-0.4, -0.2) is 35.6 Å². The van der Waals surface area contributed by atoms with E-state index in [1.165, 1.54) is 0 Å². The molecule has 1 rings (SSSR count). The summed E-state index contributed by atoms with van der Waals surface area (Å²) >= 11 is 0. The summed E-state index contributed by atoms with van der Waals surface area (Å²) in [6.07, 6.45) is 1.09. The maximum absolute atomic E-state index is 11.8. The largest absolute Gasteiger partial charge is 0.395 e. The van der Waals surface area contributed by atoms with E-state index < -0.39 is 5.41 Å². The van der Waals surface area contributed by atoms with Crippen molar-refractivity contribution in [1.82, 2.24) is 4.90 Å². The van der Waals surface area contributed by atoms with Crippen LogP contribution >= 0.6 is 0 Å². The molecule has 3 heteroatoms. The third kappa shape index (κ3) is 2.21. The Bertz CT molecular complexity index is 201. The highest BCUT2D eigenvalue weighted by molar-refractivity contribution is 5.82. The third-order valence-electron chi connectivity index (χ3n) is 2.69. The molecular formula is C10H19NO2. The number of nitrogens with zero attached hydrogens (tertiary/aromatic N) is 1. The molecule has 1 N–H and O–H groups in total. The van der Waals surface area contributed by atoms with Crippen LogP contribution in [0.3, 0.4) is 0 Å². The predicted octanol–water partition coefficient (Wildman–Crippen LogP) is 0.873. The van der Waals surface area contributed by atoms with Crippen LogP contribution in [0.25, 0.3) is 0 Å². The van der Waals surface area contributed by atoms with Gasteiger partial charge in [0.1, 0.15) is 0 Å². The minimum absolute atomic E-state index is 0.0727. The fourth-order valence-electron chi connectivity index (χ4n) is 1.62. The molecule has 3 nitrogen and oxygen atoms in total. The van der Waals surface area contributed by atoms with Crippen LogP contribution in [-0.2, 0) is 4.79 Å². The molecule has 0 radical (unpaired) electrons. The van der Waals surface area contributed by atoms with Crippen LogP contribution in [0.1, 0.15) is 27.2 Å². The van der Waals surface area contributed by atoms with Gasteiger partial charge >= 0.3 is 0 Å². The second-order valence-corrected chi connectivity index (χ2v) is 4.69. The molecule has 0 aromatic carbocycles. The zero-order chi connectivity index (χ0) is 10.1. The molecule has 76 valence electrons. The molecule has 1 aliphatic rings. The van der Waals surface area contributed by atoms with Crippen molar-refractivity contribution in [2.45, 2.75) is 27.2 Å². The summed E-state index contributed by atoms with van der Waals surface area (Å²) in [4.78, 5) is 13.7. The van der Waals surface area contributed by atoms with Gasteiger partial charge in [-0.2, -0.15) is 0 Å². The number of carbonyl (C=O) groups is 1. The Morgan fingerprint density at radius 2 is 2.23 bits per heavy atom. The molecule has 13 heavy (non-hydrogen) atoms. The Morgan fingerprint density at radius 1 is 1.62 bits per heavy atom. The van der Waals surface area contributed by atoms with E-state index in [9.17, 15) is 4.79 Å². The number of likely N-dealkylation sites (tertiary alicyclic amines) is 1. The van der Waals surface area contributed by atoms with Gasteiger partial charge in [0.15, 0.2) is 0 Å². The van der Waals surface area contributed by atoms with Crippen LogP contribution in [0.4, 0.5) is 0 Å².